The summed E-state index contributed by atoms with van der Waals surface area (Å²) in [5, 5.41) is 3.49. The monoisotopic (exact) mass is 247 g/mol. The molecule has 2 atom stereocenters. The molecule has 2 unspecified atom stereocenters. The first-order valence-electron chi connectivity index (χ1n) is 5.12. The van der Waals surface area contributed by atoms with Crippen molar-refractivity contribution in [1.29, 1.82) is 0 Å². The highest BCUT2D eigenvalue weighted by Gasteiger charge is 2.24. The molecule has 0 radical (unpaired) electrons. The fraction of sp³-hybridized carbons (Fsp3) is 0.700. The van der Waals surface area contributed by atoms with Crippen molar-refractivity contribution in [3.05, 3.63) is 16.6 Å². The average molecular weight is 248 g/mol. The predicted octanol–water partition coefficient (Wildman–Crippen LogP) is 1.75. The number of aromatic nitrogens is 1. The van der Waals surface area contributed by atoms with Crippen LogP contribution in [0, 0.1) is 0 Å². The van der Waals surface area contributed by atoms with E-state index >= 15 is 0 Å². The average Bonchev–Trinajstić information content (AvgIpc) is 2.66. The molecule has 2 heterocycles. The zero-order valence-electron chi connectivity index (χ0n) is 9.14. The summed E-state index contributed by atoms with van der Waals surface area (Å²) in [6.45, 7) is 7.84. The molecule has 0 saturated carbocycles. The summed E-state index contributed by atoms with van der Waals surface area (Å²) < 4.78 is 0. The van der Waals surface area contributed by atoms with Crippen LogP contribution in [0.25, 0.3) is 0 Å². The molecule has 1 N–H and O–H groups in total. The summed E-state index contributed by atoms with van der Waals surface area (Å²) in [5.41, 5.74) is 1.91. The number of nitrogens with zero attached hydrogens (tertiary/aromatic N) is 2. The molecule has 1 aromatic heterocycles. The van der Waals surface area contributed by atoms with Crippen LogP contribution in [0.4, 0.5) is 0 Å². The Bertz CT molecular complexity index is 278. The lowest BCUT2D eigenvalue weighted by atomic mass is 10.1. The molecule has 0 bridgehead atoms. The number of hydrogen-bond donors (Lipinski definition) is 1. The molecule has 0 aliphatic carbocycles. The Balaban J connectivity index is 0.00000112. The summed E-state index contributed by atoms with van der Waals surface area (Å²) >= 11 is 1.75. The molecular weight excluding hydrogens is 230 g/mol. The van der Waals surface area contributed by atoms with Crippen molar-refractivity contribution in [1.82, 2.24) is 15.2 Å². The molecule has 5 heteroatoms. The highest BCUT2D eigenvalue weighted by molar-refractivity contribution is 7.09. The van der Waals surface area contributed by atoms with Gasteiger partial charge in [-0.1, -0.05) is 0 Å². The SMILES string of the molecule is CC1NCCN(Cc2cncs2)C1C.Cl. The van der Waals surface area contributed by atoms with Crippen molar-refractivity contribution in [2.45, 2.75) is 32.5 Å². The topological polar surface area (TPSA) is 28.2 Å². The molecule has 1 aliphatic heterocycles. The molecule has 86 valence electrons. The van der Waals surface area contributed by atoms with Gasteiger partial charge >= 0.3 is 0 Å². The second kappa shape index (κ2) is 5.80. The number of nitrogens with one attached hydrogen (secondary N) is 1. The molecule has 15 heavy (non-hydrogen) atoms. The zero-order valence-corrected chi connectivity index (χ0v) is 10.8. The lowest BCUT2D eigenvalue weighted by Crippen LogP contribution is -2.54. The van der Waals surface area contributed by atoms with Gasteiger partial charge in [-0.05, 0) is 13.8 Å². The first kappa shape index (κ1) is 12.9. The Morgan fingerprint density at radius 2 is 2.40 bits per heavy atom. The second-order valence-electron chi connectivity index (χ2n) is 3.92. The molecule has 3 nitrogen and oxygen atoms in total. The van der Waals surface area contributed by atoms with Gasteiger partial charge in [0.25, 0.3) is 0 Å². The normalized spacial score (nSPS) is 27.3. The standard InChI is InChI=1S/C10H17N3S.ClH/c1-8-9(2)13(4-3-12-8)6-10-5-11-7-14-10;/h5,7-9,12H,3-4,6H2,1-2H3;1H. The Labute approximate surface area is 101 Å². The third kappa shape index (κ3) is 3.14. The molecule has 1 aliphatic rings. The molecule has 0 aromatic carbocycles. The number of hydrogen-bond acceptors (Lipinski definition) is 4. The van der Waals surface area contributed by atoms with Gasteiger partial charge in [-0.25, -0.2) is 0 Å². The van der Waals surface area contributed by atoms with Crippen LogP contribution in [-0.4, -0.2) is 35.1 Å². The number of halogens is 1. The van der Waals surface area contributed by atoms with E-state index in [2.05, 4.69) is 29.0 Å². The maximum atomic E-state index is 4.11. The Kier molecular flexibility index (Phi) is 4.99. The summed E-state index contributed by atoms with van der Waals surface area (Å²) in [4.78, 5) is 8.00. The fourth-order valence-corrected chi connectivity index (χ4v) is 2.49. The lowest BCUT2D eigenvalue weighted by Gasteiger charge is -2.38. The predicted molar refractivity (Wildman–Crippen MR) is 66.7 cm³/mol. The molecule has 1 saturated heterocycles. The first-order valence-corrected chi connectivity index (χ1v) is 6.00. The van der Waals surface area contributed by atoms with Gasteiger partial charge in [-0.3, -0.25) is 9.88 Å². The lowest BCUT2D eigenvalue weighted by molar-refractivity contribution is 0.132. The molecule has 0 spiro atoms. The van der Waals surface area contributed by atoms with Gasteiger partial charge in [0, 0.05) is 42.8 Å². The van der Waals surface area contributed by atoms with Crippen molar-refractivity contribution < 1.29 is 0 Å². The van der Waals surface area contributed by atoms with E-state index in [9.17, 15) is 0 Å². The van der Waals surface area contributed by atoms with Crippen LogP contribution >= 0.6 is 23.7 Å². The minimum Gasteiger partial charge on any atom is -0.311 e. The molecular formula is C10H18ClN3S. The smallest absolute Gasteiger partial charge is 0.0794 e. The van der Waals surface area contributed by atoms with E-state index in [1.54, 1.807) is 11.3 Å². The Morgan fingerprint density at radius 1 is 1.60 bits per heavy atom. The maximum Gasteiger partial charge on any atom is 0.0794 e. The van der Waals surface area contributed by atoms with Crippen molar-refractivity contribution in [2.24, 2.45) is 0 Å². The van der Waals surface area contributed by atoms with Crippen LogP contribution in [0.1, 0.15) is 18.7 Å². The van der Waals surface area contributed by atoms with Crippen LogP contribution in [0.2, 0.25) is 0 Å². The van der Waals surface area contributed by atoms with Crippen LogP contribution in [0.5, 0.6) is 0 Å². The van der Waals surface area contributed by atoms with Gasteiger partial charge in [0.1, 0.15) is 0 Å². The van der Waals surface area contributed by atoms with Crippen molar-refractivity contribution in [3.8, 4) is 0 Å². The Morgan fingerprint density at radius 3 is 3.07 bits per heavy atom. The van der Waals surface area contributed by atoms with Crippen LogP contribution in [0.3, 0.4) is 0 Å². The molecule has 1 aromatic rings. The van der Waals surface area contributed by atoms with Gasteiger partial charge in [0.2, 0.25) is 0 Å². The van der Waals surface area contributed by atoms with E-state index in [0.717, 1.165) is 19.6 Å². The summed E-state index contributed by atoms with van der Waals surface area (Å²) in [7, 11) is 0. The van der Waals surface area contributed by atoms with Crippen molar-refractivity contribution in [2.75, 3.05) is 13.1 Å². The number of piperazine rings is 1. The highest BCUT2D eigenvalue weighted by atomic mass is 35.5. The van der Waals surface area contributed by atoms with Crippen molar-refractivity contribution >= 4 is 23.7 Å². The zero-order chi connectivity index (χ0) is 9.97. The van der Waals surface area contributed by atoms with E-state index in [1.165, 1.54) is 4.88 Å². The Hall–Kier alpha value is -0.160. The van der Waals surface area contributed by atoms with E-state index in [-0.39, 0.29) is 12.4 Å². The third-order valence-electron chi connectivity index (χ3n) is 3.01. The van der Waals surface area contributed by atoms with Gasteiger partial charge in [-0.2, -0.15) is 0 Å². The van der Waals surface area contributed by atoms with Gasteiger partial charge in [-0.15, -0.1) is 23.7 Å². The highest BCUT2D eigenvalue weighted by Crippen LogP contribution is 2.15. The summed E-state index contributed by atoms with van der Waals surface area (Å²) in [5.74, 6) is 0. The minimum atomic E-state index is 0. The van der Waals surface area contributed by atoms with E-state index in [4.69, 9.17) is 0 Å². The van der Waals surface area contributed by atoms with Gasteiger partial charge in [0.05, 0.1) is 5.51 Å². The van der Waals surface area contributed by atoms with Crippen LogP contribution < -0.4 is 5.32 Å². The van der Waals surface area contributed by atoms with Crippen LogP contribution in [0.15, 0.2) is 11.7 Å². The number of rotatable bonds is 2. The van der Waals surface area contributed by atoms with E-state index < -0.39 is 0 Å². The summed E-state index contributed by atoms with van der Waals surface area (Å²) in [6.07, 6.45) is 1.98. The molecule has 0 amide bonds. The fourth-order valence-electron chi connectivity index (χ4n) is 1.87. The quantitative estimate of drug-likeness (QED) is 0.863. The minimum absolute atomic E-state index is 0. The van der Waals surface area contributed by atoms with Gasteiger partial charge in [0.15, 0.2) is 0 Å². The first-order chi connectivity index (χ1) is 6.77. The second-order valence-corrected chi connectivity index (χ2v) is 4.89. The van der Waals surface area contributed by atoms with Crippen LogP contribution in [-0.2, 0) is 6.54 Å². The summed E-state index contributed by atoms with van der Waals surface area (Å²) in [6, 6.07) is 1.21. The van der Waals surface area contributed by atoms with E-state index in [0.29, 0.717) is 12.1 Å². The maximum absolute atomic E-state index is 4.11. The van der Waals surface area contributed by atoms with Gasteiger partial charge < -0.3 is 5.32 Å². The molecule has 2 rings (SSSR count). The molecule has 1 fully saturated rings. The number of thiazole rings is 1. The largest absolute Gasteiger partial charge is 0.311 e. The third-order valence-corrected chi connectivity index (χ3v) is 3.77. The van der Waals surface area contributed by atoms with E-state index in [1.807, 2.05) is 11.7 Å². The van der Waals surface area contributed by atoms with Crippen molar-refractivity contribution in [3.63, 3.8) is 0 Å².